The van der Waals surface area contributed by atoms with Gasteiger partial charge in [-0.2, -0.15) is 4.31 Å². The number of aromatic nitrogens is 2. The van der Waals surface area contributed by atoms with Crippen LogP contribution in [0.1, 0.15) is 66.6 Å². The monoisotopic (exact) mass is 523 g/mol. The van der Waals surface area contributed by atoms with Gasteiger partial charge in [-0.25, -0.2) is 17.8 Å². The van der Waals surface area contributed by atoms with Crippen LogP contribution < -0.4 is 10.3 Å². The molecule has 0 aliphatic carbocycles. The molecule has 0 amide bonds. The number of aryl methyl sites for hydroxylation is 1. The molecule has 10 nitrogen and oxygen atoms in total. The molecule has 2 bridgehead atoms. The lowest BCUT2D eigenvalue weighted by molar-refractivity contribution is 0.0860. The lowest BCUT2D eigenvalue weighted by atomic mass is 10.0. The maximum atomic E-state index is 13.8. The van der Waals surface area contributed by atoms with Gasteiger partial charge in [-0.3, -0.25) is 14.2 Å². The van der Waals surface area contributed by atoms with E-state index in [2.05, 4.69) is 4.98 Å². The third kappa shape index (κ3) is 5.16. The Kier molecular flexibility index (Phi) is 7.76. The molecule has 0 spiro atoms. The Morgan fingerprint density at radius 3 is 2.72 bits per heavy atom. The predicted octanol–water partition coefficient (Wildman–Crippen LogP) is 2.36. The van der Waals surface area contributed by atoms with E-state index in [4.69, 9.17) is 9.47 Å². The number of likely N-dealkylation sites (N-methyl/N-ethyl adjacent to an activating group) is 1. The molecule has 1 aromatic heterocycles. The highest BCUT2D eigenvalue weighted by molar-refractivity contribution is 7.89. The van der Waals surface area contributed by atoms with Crippen LogP contribution in [-0.4, -0.2) is 65.8 Å². The first kappa shape index (κ1) is 26.2. The molecule has 0 saturated heterocycles. The van der Waals surface area contributed by atoms with Gasteiger partial charge in [-0.1, -0.05) is 13.0 Å². The second-order valence-electron chi connectivity index (χ2n) is 9.02. The second-order valence-corrected chi connectivity index (χ2v) is 11.2. The van der Waals surface area contributed by atoms with Crippen molar-refractivity contribution in [2.24, 2.45) is 0 Å². The Labute approximate surface area is 208 Å². The normalized spacial score (nSPS) is 23.4. The number of benzene rings is 1. The van der Waals surface area contributed by atoms with Crippen LogP contribution in [0.5, 0.6) is 11.5 Å². The number of ketones is 1. The number of rotatable bonds is 1. The number of carbonyl (C=O) groups excluding carboxylic acids is 1. The summed E-state index contributed by atoms with van der Waals surface area (Å²) >= 11 is 0. The first-order valence-electron chi connectivity index (χ1n) is 12.0. The SMILES string of the molecule is CC[C@H]1COCC2c3nc(c(O)c(=O)n31)C(=O)CCc1ccc(F)cc1OCCCCS(=O)(=O)N2C. The maximum absolute atomic E-state index is 13.8. The van der Waals surface area contributed by atoms with Crippen molar-refractivity contribution in [2.45, 2.75) is 51.1 Å². The van der Waals surface area contributed by atoms with E-state index in [1.54, 1.807) is 0 Å². The molecule has 2 aliphatic heterocycles. The van der Waals surface area contributed by atoms with E-state index in [1.807, 2.05) is 6.92 Å². The smallest absolute Gasteiger partial charge is 0.296 e. The van der Waals surface area contributed by atoms with Crippen LogP contribution in [0.3, 0.4) is 0 Å². The minimum Gasteiger partial charge on any atom is -0.501 e. The van der Waals surface area contributed by atoms with Gasteiger partial charge < -0.3 is 14.6 Å². The number of fused-ring (bicyclic) bond motifs is 2. The number of Topliss-reactive ketones (excluding diaryl/α,β-unsaturated/α-hetero) is 1. The van der Waals surface area contributed by atoms with Crippen molar-refractivity contribution in [1.82, 2.24) is 13.9 Å². The Morgan fingerprint density at radius 2 is 1.97 bits per heavy atom. The summed E-state index contributed by atoms with van der Waals surface area (Å²) in [4.78, 5) is 30.8. The summed E-state index contributed by atoms with van der Waals surface area (Å²) in [6.45, 7) is 2.09. The van der Waals surface area contributed by atoms with Crippen molar-refractivity contribution in [3.63, 3.8) is 0 Å². The van der Waals surface area contributed by atoms with E-state index in [9.17, 15) is 27.5 Å². The number of hydrogen-bond donors (Lipinski definition) is 1. The third-order valence-electron chi connectivity index (χ3n) is 6.69. The number of nitrogens with zero attached hydrogens (tertiary/aromatic N) is 3. The molecule has 1 unspecified atom stereocenters. The van der Waals surface area contributed by atoms with Crippen molar-refractivity contribution in [3.05, 3.63) is 51.5 Å². The molecule has 1 N–H and O–H groups in total. The van der Waals surface area contributed by atoms with Crippen LogP contribution in [0.15, 0.2) is 23.0 Å². The molecule has 12 heteroatoms. The van der Waals surface area contributed by atoms with Gasteiger partial charge in [0.25, 0.3) is 5.56 Å². The minimum atomic E-state index is -3.81. The molecule has 0 fully saturated rings. The number of sulfonamides is 1. The Bertz CT molecular complexity index is 1310. The highest BCUT2D eigenvalue weighted by Gasteiger charge is 2.36. The average Bonchev–Trinajstić information content (AvgIpc) is 3.03. The zero-order chi connectivity index (χ0) is 26.0. The van der Waals surface area contributed by atoms with Crippen molar-refractivity contribution in [2.75, 3.05) is 32.6 Å². The molecular weight excluding hydrogens is 493 g/mol. The quantitative estimate of drug-likeness (QED) is 0.603. The van der Waals surface area contributed by atoms with Crippen molar-refractivity contribution in [3.8, 4) is 11.5 Å². The molecule has 36 heavy (non-hydrogen) atoms. The summed E-state index contributed by atoms with van der Waals surface area (Å²) in [7, 11) is -2.42. The van der Waals surface area contributed by atoms with Crippen LogP contribution in [0, 0.1) is 5.82 Å². The van der Waals surface area contributed by atoms with E-state index >= 15 is 0 Å². The molecule has 196 valence electrons. The predicted molar refractivity (Wildman–Crippen MR) is 128 cm³/mol. The van der Waals surface area contributed by atoms with Gasteiger partial charge in [-0.15, -0.1) is 0 Å². The topological polar surface area (TPSA) is 128 Å². The van der Waals surface area contributed by atoms with E-state index in [0.717, 1.165) is 4.31 Å². The average molecular weight is 524 g/mol. The lowest BCUT2D eigenvalue weighted by Crippen LogP contribution is -2.39. The summed E-state index contributed by atoms with van der Waals surface area (Å²) in [5.74, 6) is -1.75. The number of hydrogen-bond acceptors (Lipinski definition) is 8. The molecule has 3 heterocycles. The first-order valence-corrected chi connectivity index (χ1v) is 13.6. The van der Waals surface area contributed by atoms with Crippen LogP contribution in [0.25, 0.3) is 0 Å². The van der Waals surface area contributed by atoms with Crippen LogP contribution in [-0.2, 0) is 21.2 Å². The van der Waals surface area contributed by atoms with Crippen molar-refractivity contribution in [1.29, 1.82) is 0 Å². The van der Waals surface area contributed by atoms with Gasteiger partial charge in [0.2, 0.25) is 15.8 Å². The van der Waals surface area contributed by atoms with E-state index in [1.165, 1.54) is 29.8 Å². The molecule has 2 aliphatic rings. The fraction of sp³-hybridized carbons (Fsp3) is 0.542. The number of halogens is 1. The highest BCUT2D eigenvalue weighted by atomic mass is 32.2. The van der Waals surface area contributed by atoms with Gasteiger partial charge in [0.15, 0.2) is 11.5 Å². The molecule has 4 rings (SSSR count). The van der Waals surface area contributed by atoms with Gasteiger partial charge >= 0.3 is 0 Å². The first-order chi connectivity index (χ1) is 17.1. The van der Waals surface area contributed by atoms with Gasteiger partial charge in [0.1, 0.15) is 23.4 Å². The van der Waals surface area contributed by atoms with Gasteiger partial charge in [0.05, 0.1) is 31.6 Å². The number of ether oxygens (including phenoxy) is 2. The second kappa shape index (κ2) is 10.7. The molecule has 1 aromatic carbocycles. The third-order valence-corrected chi connectivity index (χ3v) is 8.62. The largest absolute Gasteiger partial charge is 0.501 e. The summed E-state index contributed by atoms with van der Waals surface area (Å²) in [5.41, 5.74) is -0.661. The summed E-state index contributed by atoms with van der Waals surface area (Å²) in [6.07, 6.45) is 1.22. The van der Waals surface area contributed by atoms with Crippen molar-refractivity contribution >= 4 is 15.8 Å². The molecule has 0 saturated carbocycles. The van der Waals surface area contributed by atoms with Crippen LogP contribution in [0.4, 0.5) is 4.39 Å². The van der Waals surface area contributed by atoms with Crippen LogP contribution >= 0.6 is 0 Å². The van der Waals surface area contributed by atoms with Gasteiger partial charge in [0, 0.05) is 19.5 Å². The van der Waals surface area contributed by atoms with E-state index < -0.39 is 50.7 Å². The standard InChI is InChI=1S/C24H30FN3O7S/c1-3-17-13-34-14-18-23-26-21(22(30)24(31)28(17)23)19(29)9-7-15-6-8-16(25)12-20(15)35-10-4-5-11-36(32,33)27(18)2/h6,8,12,17-18,30H,3-5,7,9-11,13-14H2,1-2H3/t17-,18?/m0/s1. The molecule has 2 aromatic rings. The maximum Gasteiger partial charge on any atom is 0.296 e. The van der Waals surface area contributed by atoms with Crippen molar-refractivity contribution < 1.29 is 32.2 Å². The zero-order valence-electron chi connectivity index (χ0n) is 20.3. The lowest BCUT2D eigenvalue weighted by Gasteiger charge is -2.28. The Balaban J connectivity index is 1.85. The molecule has 0 radical (unpaired) electrons. The Hall–Kier alpha value is -2.83. The molecule has 2 atom stereocenters. The fourth-order valence-electron chi connectivity index (χ4n) is 4.50. The minimum absolute atomic E-state index is 0.0564. The zero-order valence-corrected chi connectivity index (χ0v) is 21.1. The van der Waals surface area contributed by atoms with Crippen LogP contribution in [0.2, 0.25) is 0 Å². The number of carbonyl (C=O) groups is 1. The molecular formula is C24H30FN3O7S. The highest BCUT2D eigenvalue weighted by Crippen LogP contribution is 2.30. The van der Waals surface area contributed by atoms with Gasteiger partial charge in [-0.05, 0) is 37.3 Å². The van der Waals surface area contributed by atoms with E-state index in [0.29, 0.717) is 24.8 Å². The summed E-state index contributed by atoms with van der Waals surface area (Å²) in [5, 5.41) is 10.7. The Morgan fingerprint density at radius 1 is 1.19 bits per heavy atom. The fourth-order valence-corrected chi connectivity index (χ4v) is 5.90. The van der Waals surface area contributed by atoms with E-state index in [-0.39, 0.29) is 50.0 Å². The summed E-state index contributed by atoms with van der Waals surface area (Å²) in [6, 6.07) is 2.54. The number of aromatic hydroxyl groups is 1. The summed E-state index contributed by atoms with van der Waals surface area (Å²) < 4.78 is 53.9.